The van der Waals surface area contributed by atoms with Crippen molar-refractivity contribution in [1.29, 1.82) is 0 Å². The molecule has 0 atom stereocenters. The van der Waals surface area contributed by atoms with Crippen LogP contribution in [0.5, 0.6) is 0 Å². The van der Waals surface area contributed by atoms with E-state index in [9.17, 15) is 9.18 Å². The number of halogens is 1. The van der Waals surface area contributed by atoms with E-state index >= 15 is 0 Å². The van der Waals surface area contributed by atoms with E-state index in [-0.39, 0.29) is 5.91 Å². The second-order valence-electron chi connectivity index (χ2n) is 8.65. The molecule has 0 bridgehead atoms. The number of carbonyl (C=O) groups excluding carboxylic acids is 1. The van der Waals surface area contributed by atoms with Crippen molar-refractivity contribution >= 4 is 40.0 Å². The van der Waals surface area contributed by atoms with E-state index < -0.39 is 5.82 Å². The lowest BCUT2D eigenvalue weighted by Crippen LogP contribution is -2.44. The van der Waals surface area contributed by atoms with E-state index in [0.717, 1.165) is 43.1 Å². The fraction of sp³-hybridized carbons (Fsp3) is 0.185. The van der Waals surface area contributed by atoms with E-state index in [2.05, 4.69) is 49.0 Å². The van der Waals surface area contributed by atoms with Crippen molar-refractivity contribution in [3.8, 4) is 11.1 Å². The summed E-state index contributed by atoms with van der Waals surface area (Å²) in [5.41, 5.74) is 2.72. The summed E-state index contributed by atoms with van der Waals surface area (Å²) in [4.78, 5) is 30.0. The van der Waals surface area contributed by atoms with Crippen molar-refractivity contribution < 1.29 is 9.18 Å². The fourth-order valence-corrected chi connectivity index (χ4v) is 4.15. The zero-order valence-electron chi connectivity index (χ0n) is 19.9. The second kappa shape index (κ2) is 10.1. The highest BCUT2D eigenvalue weighted by Gasteiger charge is 2.16. The molecule has 5 rings (SSSR count). The van der Waals surface area contributed by atoms with Crippen molar-refractivity contribution in [2.45, 2.75) is 0 Å². The number of anilines is 4. The number of aromatic nitrogens is 3. The maximum Gasteiger partial charge on any atom is 0.247 e. The zero-order chi connectivity index (χ0) is 25.1. The maximum atomic E-state index is 14.9. The van der Waals surface area contributed by atoms with Gasteiger partial charge in [-0.1, -0.05) is 24.8 Å². The van der Waals surface area contributed by atoms with Gasteiger partial charge in [0.1, 0.15) is 11.6 Å². The maximum absolute atomic E-state index is 14.9. The van der Waals surface area contributed by atoms with Gasteiger partial charge >= 0.3 is 0 Å². The molecule has 8 nitrogen and oxygen atoms in total. The first-order valence-corrected chi connectivity index (χ1v) is 11.7. The number of fused-ring (bicyclic) bond motifs is 1. The van der Waals surface area contributed by atoms with Crippen LogP contribution in [0.2, 0.25) is 0 Å². The molecule has 1 saturated heterocycles. The van der Waals surface area contributed by atoms with Gasteiger partial charge in [0, 0.05) is 54.6 Å². The Morgan fingerprint density at radius 2 is 1.81 bits per heavy atom. The SMILES string of the molecule is C=CC(=O)Nc1ccc(F)c(-c2cccc3cnc(Nc4ccc(N5CCN(C)CC5)nc4)nc23)c1. The Bertz CT molecular complexity index is 1420. The molecule has 1 aliphatic heterocycles. The number of pyridine rings is 1. The van der Waals surface area contributed by atoms with Crippen LogP contribution in [0.25, 0.3) is 22.0 Å². The van der Waals surface area contributed by atoms with Crippen LogP contribution in [0.3, 0.4) is 0 Å². The van der Waals surface area contributed by atoms with Crippen LogP contribution in [-0.2, 0) is 4.79 Å². The van der Waals surface area contributed by atoms with Crippen LogP contribution < -0.4 is 15.5 Å². The van der Waals surface area contributed by atoms with Gasteiger partial charge in [0.2, 0.25) is 11.9 Å². The molecule has 0 unspecified atom stereocenters. The van der Waals surface area contributed by atoms with Gasteiger partial charge in [-0.25, -0.2) is 19.3 Å². The average Bonchev–Trinajstić information content (AvgIpc) is 2.90. The molecular weight excluding hydrogens is 457 g/mol. The van der Waals surface area contributed by atoms with Crippen LogP contribution >= 0.6 is 0 Å². The van der Waals surface area contributed by atoms with Crippen molar-refractivity contribution in [3.05, 3.63) is 79.4 Å². The Labute approximate surface area is 208 Å². The number of hydrogen-bond donors (Lipinski definition) is 2. The largest absolute Gasteiger partial charge is 0.354 e. The Balaban J connectivity index is 1.42. The lowest BCUT2D eigenvalue weighted by atomic mass is 10.0. The number of nitrogens with one attached hydrogen (secondary N) is 2. The summed E-state index contributed by atoms with van der Waals surface area (Å²) in [6.45, 7) is 7.37. The highest BCUT2D eigenvalue weighted by atomic mass is 19.1. The first-order chi connectivity index (χ1) is 17.5. The number of nitrogens with zero attached hydrogens (tertiary/aromatic N) is 5. The molecule has 2 N–H and O–H groups in total. The van der Waals surface area contributed by atoms with E-state index in [4.69, 9.17) is 0 Å². The smallest absolute Gasteiger partial charge is 0.247 e. The van der Waals surface area contributed by atoms with Crippen LogP contribution in [0.4, 0.5) is 27.5 Å². The van der Waals surface area contributed by atoms with Gasteiger partial charge in [-0.2, -0.15) is 0 Å². The number of para-hydroxylation sites is 1. The number of hydrogen-bond acceptors (Lipinski definition) is 7. The van der Waals surface area contributed by atoms with E-state index in [1.807, 2.05) is 24.3 Å². The standard InChI is InChI=1S/C27H26FN7O/c1-3-25(36)31-19-7-9-23(28)22(15-19)21-6-4-5-18-16-30-27(33-26(18)21)32-20-8-10-24(29-17-20)35-13-11-34(2)12-14-35/h3-10,15-17H,1,11-14H2,2H3,(H,31,36)(H,30,32,33). The van der Waals surface area contributed by atoms with Gasteiger partial charge in [0.05, 0.1) is 17.4 Å². The lowest BCUT2D eigenvalue weighted by Gasteiger charge is -2.33. The van der Waals surface area contributed by atoms with Crippen LogP contribution in [0, 0.1) is 5.82 Å². The minimum Gasteiger partial charge on any atom is -0.354 e. The normalized spacial score (nSPS) is 14.0. The van der Waals surface area contributed by atoms with E-state index in [0.29, 0.717) is 28.3 Å². The predicted molar refractivity (Wildman–Crippen MR) is 141 cm³/mol. The van der Waals surface area contributed by atoms with E-state index in [1.54, 1.807) is 24.5 Å². The molecule has 1 amide bonds. The Kier molecular flexibility index (Phi) is 6.55. The predicted octanol–water partition coefficient (Wildman–Crippen LogP) is 4.45. The average molecular weight is 484 g/mol. The van der Waals surface area contributed by atoms with Crippen LogP contribution in [0.1, 0.15) is 0 Å². The van der Waals surface area contributed by atoms with Crippen molar-refractivity contribution in [2.24, 2.45) is 0 Å². The molecule has 0 radical (unpaired) electrons. The molecule has 3 heterocycles. The third kappa shape index (κ3) is 5.01. The molecule has 2 aromatic heterocycles. The number of likely N-dealkylation sites (N-methyl/N-ethyl adjacent to an activating group) is 1. The molecule has 1 fully saturated rings. The summed E-state index contributed by atoms with van der Waals surface area (Å²) in [7, 11) is 2.12. The molecular formula is C27H26FN7O. The molecule has 0 aliphatic carbocycles. The Morgan fingerprint density at radius 3 is 2.56 bits per heavy atom. The van der Waals surface area contributed by atoms with Crippen LogP contribution in [0.15, 0.2) is 73.6 Å². The summed E-state index contributed by atoms with van der Waals surface area (Å²) in [6.07, 6.45) is 4.62. The number of rotatable bonds is 6. The van der Waals surface area contributed by atoms with Gasteiger partial charge in [-0.05, 0) is 43.5 Å². The van der Waals surface area contributed by atoms with Crippen molar-refractivity contribution in [1.82, 2.24) is 19.9 Å². The number of piperazine rings is 1. The molecule has 0 saturated carbocycles. The minimum absolute atomic E-state index is 0.324. The molecule has 2 aromatic carbocycles. The van der Waals surface area contributed by atoms with Gasteiger partial charge in [-0.15, -0.1) is 0 Å². The number of amides is 1. The fourth-order valence-electron chi connectivity index (χ4n) is 4.15. The summed E-state index contributed by atoms with van der Waals surface area (Å²) in [5.74, 6) is 0.525. The van der Waals surface area contributed by atoms with Gasteiger partial charge in [-0.3, -0.25) is 4.79 Å². The quantitative estimate of drug-likeness (QED) is 0.392. The zero-order valence-corrected chi connectivity index (χ0v) is 19.9. The monoisotopic (exact) mass is 483 g/mol. The lowest BCUT2D eigenvalue weighted by molar-refractivity contribution is -0.111. The highest BCUT2D eigenvalue weighted by Crippen LogP contribution is 2.32. The van der Waals surface area contributed by atoms with Gasteiger partial charge in [0.25, 0.3) is 0 Å². The van der Waals surface area contributed by atoms with E-state index in [1.165, 1.54) is 18.2 Å². The third-order valence-electron chi connectivity index (χ3n) is 6.15. The summed E-state index contributed by atoms with van der Waals surface area (Å²) >= 11 is 0. The molecule has 4 aromatic rings. The summed E-state index contributed by atoms with van der Waals surface area (Å²) in [5, 5.41) is 6.63. The number of carbonyl (C=O) groups is 1. The minimum atomic E-state index is -0.420. The Morgan fingerprint density at radius 1 is 1.00 bits per heavy atom. The Hall–Kier alpha value is -4.37. The molecule has 9 heteroatoms. The molecule has 182 valence electrons. The number of benzene rings is 2. The van der Waals surface area contributed by atoms with Gasteiger partial charge in [0.15, 0.2) is 0 Å². The van der Waals surface area contributed by atoms with Crippen molar-refractivity contribution in [3.63, 3.8) is 0 Å². The topological polar surface area (TPSA) is 86.3 Å². The second-order valence-corrected chi connectivity index (χ2v) is 8.65. The van der Waals surface area contributed by atoms with Gasteiger partial charge < -0.3 is 20.4 Å². The third-order valence-corrected chi connectivity index (χ3v) is 6.15. The molecule has 36 heavy (non-hydrogen) atoms. The molecule has 0 spiro atoms. The van der Waals surface area contributed by atoms with Crippen LogP contribution in [-0.4, -0.2) is 59.0 Å². The first-order valence-electron chi connectivity index (χ1n) is 11.7. The molecule has 1 aliphatic rings. The highest BCUT2D eigenvalue weighted by molar-refractivity contribution is 6.00. The van der Waals surface area contributed by atoms with Crippen molar-refractivity contribution in [2.75, 3.05) is 48.8 Å². The summed E-state index contributed by atoms with van der Waals surface area (Å²) < 4.78 is 14.9. The first kappa shape index (κ1) is 23.4. The summed E-state index contributed by atoms with van der Waals surface area (Å²) in [6, 6.07) is 13.8.